The van der Waals surface area contributed by atoms with E-state index in [1.54, 1.807) is 19.1 Å². The summed E-state index contributed by atoms with van der Waals surface area (Å²) < 4.78 is 33.7. The van der Waals surface area contributed by atoms with Crippen LogP contribution in [0.3, 0.4) is 0 Å². The third-order valence-corrected chi connectivity index (χ3v) is 7.20. The molecule has 1 heterocycles. The Labute approximate surface area is 177 Å². The number of nitrogens with zero attached hydrogens (tertiary/aromatic N) is 1. The summed E-state index contributed by atoms with van der Waals surface area (Å²) in [6, 6.07) is 23.9. The van der Waals surface area contributed by atoms with Crippen LogP contribution < -0.4 is 0 Å². The molecule has 1 aromatic heterocycles. The Balaban J connectivity index is 1.98. The van der Waals surface area contributed by atoms with Gasteiger partial charge in [0.25, 0.3) is 0 Å². The molecule has 0 radical (unpaired) electrons. The first-order chi connectivity index (χ1) is 14.4. The lowest BCUT2D eigenvalue weighted by Gasteiger charge is -2.18. The van der Waals surface area contributed by atoms with E-state index in [1.165, 1.54) is 0 Å². The van der Waals surface area contributed by atoms with Gasteiger partial charge in [0.05, 0.1) is 4.90 Å². The van der Waals surface area contributed by atoms with Gasteiger partial charge in [0, 0.05) is 12.5 Å². The lowest BCUT2D eigenvalue weighted by molar-refractivity contribution is 0.474. The highest BCUT2D eigenvalue weighted by Gasteiger charge is 2.36. The lowest BCUT2D eigenvalue weighted by atomic mass is 10.0. The van der Waals surface area contributed by atoms with Crippen LogP contribution in [0.15, 0.2) is 88.2 Å². The Bertz CT molecular complexity index is 1270. The number of aromatic nitrogens is 1. The van der Waals surface area contributed by atoms with Crippen molar-refractivity contribution in [1.82, 2.24) is 4.98 Å². The SMILES string of the molecule is Cc1ccc(S(=O)(=O)C(c2ccccc2)c2oc(C)nc2-c2ccccc2C)cc1. The van der Waals surface area contributed by atoms with E-state index in [1.807, 2.05) is 80.6 Å². The van der Waals surface area contributed by atoms with Crippen molar-refractivity contribution < 1.29 is 12.8 Å². The van der Waals surface area contributed by atoms with Crippen LogP contribution in [0.25, 0.3) is 11.3 Å². The minimum absolute atomic E-state index is 0.256. The van der Waals surface area contributed by atoms with Crippen LogP contribution in [0.2, 0.25) is 0 Å². The van der Waals surface area contributed by atoms with Gasteiger partial charge in [-0.25, -0.2) is 13.4 Å². The lowest BCUT2D eigenvalue weighted by Crippen LogP contribution is -2.16. The van der Waals surface area contributed by atoms with Crippen LogP contribution >= 0.6 is 0 Å². The van der Waals surface area contributed by atoms with Gasteiger partial charge in [-0.2, -0.15) is 0 Å². The summed E-state index contributed by atoms with van der Waals surface area (Å²) in [6.45, 7) is 5.65. The molecule has 30 heavy (non-hydrogen) atoms. The molecule has 152 valence electrons. The maximum absolute atomic E-state index is 13.8. The number of sulfone groups is 1. The average Bonchev–Trinajstić information content (AvgIpc) is 3.10. The zero-order valence-corrected chi connectivity index (χ0v) is 18.0. The van der Waals surface area contributed by atoms with Crippen LogP contribution in [0.1, 0.15) is 33.6 Å². The van der Waals surface area contributed by atoms with Gasteiger partial charge in [0.1, 0.15) is 5.69 Å². The fourth-order valence-electron chi connectivity index (χ4n) is 3.62. The maximum atomic E-state index is 13.8. The summed E-state index contributed by atoms with van der Waals surface area (Å²) in [7, 11) is -3.79. The average molecular weight is 418 g/mol. The number of aryl methyl sites for hydroxylation is 3. The van der Waals surface area contributed by atoms with Crippen LogP contribution in [-0.4, -0.2) is 13.4 Å². The predicted molar refractivity (Wildman–Crippen MR) is 118 cm³/mol. The molecule has 0 aliphatic rings. The van der Waals surface area contributed by atoms with Gasteiger partial charge in [0.15, 0.2) is 26.7 Å². The van der Waals surface area contributed by atoms with E-state index in [-0.39, 0.29) is 4.90 Å². The monoisotopic (exact) mass is 417 g/mol. The summed E-state index contributed by atoms with van der Waals surface area (Å²) >= 11 is 0. The van der Waals surface area contributed by atoms with Crippen molar-refractivity contribution in [3.8, 4) is 11.3 Å². The Morgan fingerprint density at radius 3 is 2.10 bits per heavy atom. The summed E-state index contributed by atoms with van der Waals surface area (Å²) in [6.07, 6.45) is 0. The summed E-state index contributed by atoms with van der Waals surface area (Å²) in [5.74, 6) is 0.775. The van der Waals surface area contributed by atoms with E-state index in [0.717, 1.165) is 16.7 Å². The molecule has 5 heteroatoms. The normalized spacial score (nSPS) is 12.6. The third-order valence-electron chi connectivity index (χ3n) is 5.16. The molecule has 4 nitrogen and oxygen atoms in total. The highest BCUT2D eigenvalue weighted by Crippen LogP contribution is 2.41. The number of rotatable bonds is 5. The van der Waals surface area contributed by atoms with Gasteiger partial charge in [-0.3, -0.25) is 0 Å². The van der Waals surface area contributed by atoms with Crippen molar-refractivity contribution in [2.24, 2.45) is 0 Å². The zero-order valence-electron chi connectivity index (χ0n) is 17.2. The zero-order chi connectivity index (χ0) is 21.3. The third kappa shape index (κ3) is 3.68. The van der Waals surface area contributed by atoms with E-state index in [4.69, 9.17) is 4.42 Å². The molecule has 0 saturated heterocycles. The Morgan fingerprint density at radius 2 is 1.43 bits per heavy atom. The fraction of sp³-hybridized carbons (Fsp3) is 0.160. The largest absolute Gasteiger partial charge is 0.444 e. The minimum atomic E-state index is -3.79. The van der Waals surface area contributed by atoms with Gasteiger partial charge in [-0.15, -0.1) is 0 Å². The first-order valence-electron chi connectivity index (χ1n) is 9.77. The van der Waals surface area contributed by atoms with E-state index < -0.39 is 15.1 Å². The van der Waals surface area contributed by atoms with Crippen LogP contribution in [0.5, 0.6) is 0 Å². The smallest absolute Gasteiger partial charge is 0.192 e. The summed E-state index contributed by atoms with van der Waals surface area (Å²) in [4.78, 5) is 4.83. The first-order valence-corrected chi connectivity index (χ1v) is 11.3. The quantitative estimate of drug-likeness (QED) is 0.410. The van der Waals surface area contributed by atoms with E-state index in [0.29, 0.717) is 22.9 Å². The number of hydrogen-bond acceptors (Lipinski definition) is 4. The Kier molecular flexibility index (Phi) is 5.31. The molecule has 0 aliphatic heterocycles. The maximum Gasteiger partial charge on any atom is 0.192 e. The molecule has 0 saturated carbocycles. The van der Waals surface area contributed by atoms with E-state index in [9.17, 15) is 8.42 Å². The van der Waals surface area contributed by atoms with Crippen molar-refractivity contribution in [2.75, 3.05) is 0 Å². The van der Waals surface area contributed by atoms with E-state index >= 15 is 0 Å². The van der Waals surface area contributed by atoms with Gasteiger partial charge in [-0.1, -0.05) is 72.3 Å². The van der Waals surface area contributed by atoms with Crippen molar-refractivity contribution in [3.63, 3.8) is 0 Å². The minimum Gasteiger partial charge on any atom is -0.444 e. The van der Waals surface area contributed by atoms with Crippen molar-refractivity contribution >= 4 is 9.84 Å². The molecule has 0 aliphatic carbocycles. The van der Waals surface area contributed by atoms with Crippen LogP contribution in [0.4, 0.5) is 0 Å². The van der Waals surface area contributed by atoms with Gasteiger partial charge >= 0.3 is 0 Å². The first kappa shape index (κ1) is 20.1. The van der Waals surface area contributed by atoms with Gasteiger partial charge in [0.2, 0.25) is 0 Å². The number of benzene rings is 3. The van der Waals surface area contributed by atoms with E-state index in [2.05, 4.69) is 4.98 Å². The molecule has 0 spiro atoms. The summed E-state index contributed by atoms with van der Waals surface area (Å²) in [5.41, 5.74) is 4.08. The molecule has 4 rings (SSSR count). The predicted octanol–water partition coefficient (Wildman–Crippen LogP) is 5.83. The second-order valence-electron chi connectivity index (χ2n) is 7.41. The molecule has 0 amide bonds. The molecule has 1 unspecified atom stereocenters. The van der Waals surface area contributed by atoms with Gasteiger partial charge < -0.3 is 4.42 Å². The molecule has 4 aromatic rings. The van der Waals surface area contributed by atoms with Crippen LogP contribution in [0, 0.1) is 20.8 Å². The summed E-state index contributed by atoms with van der Waals surface area (Å²) in [5, 5.41) is -1.00. The highest BCUT2D eigenvalue weighted by molar-refractivity contribution is 7.91. The topological polar surface area (TPSA) is 60.2 Å². The van der Waals surface area contributed by atoms with Crippen molar-refractivity contribution in [3.05, 3.63) is 107 Å². The molecule has 0 fully saturated rings. The number of oxazole rings is 1. The number of hydrogen-bond donors (Lipinski definition) is 0. The highest BCUT2D eigenvalue weighted by atomic mass is 32.2. The van der Waals surface area contributed by atoms with Crippen molar-refractivity contribution in [2.45, 2.75) is 30.9 Å². The molecule has 0 bridgehead atoms. The molecular weight excluding hydrogens is 394 g/mol. The molecule has 3 aromatic carbocycles. The molecular formula is C25H23NO3S. The second kappa shape index (κ2) is 7.92. The second-order valence-corrected chi connectivity index (χ2v) is 9.44. The fourth-order valence-corrected chi connectivity index (χ4v) is 5.36. The standard InChI is InChI=1S/C25H23NO3S/c1-17-13-15-21(16-14-17)30(27,28)25(20-10-5-4-6-11-20)24-23(26-19(3)29-24)22-12-8-7-9-18(22)2/h4-16,25H,1-3H3. The van der Waals surface area contributed by atoms with Crippen LogP contribution in [-0.2, 0) is 9.84 Å². The van der Waals surface area contributed by atoms with Crippen molar-refractivity contribution in [1.29, 1.82) is 0 Å². The molecule has 1 atom stereocenters. The Morgan fingerprint density at radius 1 is 0.800 bits per heavy atom. The Hall–Kier alpha value is -3.18. The van der Waals surface area contributed by atoms with Gasteiger partial charge in [-0.05, 0) is 37.1 Å². The molecule has 0 N–H and O–H groups in total.